The van der Waals surface area contributed by atoms with Crippen molar-refractivity contribution in [1.29, 1.82) is 0 Å². The molecule has 16 heavy (non-hydrogen) atoms. The Morgan fingerprint density at radius 1 is 1.25 bits per heavy atom. The van der Waals surface area contributed by atoms with E-state index in [0.29, 0.717) is 6.61 Å². The summed E-state index contributed by atoms with van der Waals surface area (Å²) in [7, 11) is 0. The van der Waals surface area contributed by atoms with E-state index in [9.17, 15) is 0 Å². The number of aromatic nitrogens is 2. The van der Waals surface area contributed by atoms with E-state index in [0.717, 1.165) is 18.0 Å². The highest BCUT2D eigenvalue weighted by Crippen LogP contribution is 2.13. The van der Waals surface area contributed by atoms with Crippen molar-refractivity contribution in [3.8, 4) is 5.75 Å². The Morgan fingerprint density at radius 2 is 2.00 bits per heavy atom. The normalized spacial score (nSPS) is 10.4. The maximum Gasteiger partial charge on any atom is 0.130 e. The third-order valence-electron chi connectivity index (χ3n) is 2.55. The van der Waals surface area contributed by atoms with E-state index in [1.54, 1.807) is 0 Å². The molecule has 0 fully saturated rings. The van der Waals surface area contributed by atoms with Gasteiger partial charge in [0.2, 0.25) is 0 Å². The standard InChI is InChI=1S/C13H16N2O/c1-3-15-10-14-8-12(15)9-16-13-6-4-11(2)5-7-13/h4-8,10H,3,9H2,1-2H3. The summed E-state index contributed by atoms with van der Waals surface area (Å²) < 4.78 is 7.76. The van der Waals surface area contributed by atoms with Gasteiger partial charge in [-0.2, -0.15) is 0 Å². The first kappa shape index (κ1) is 10.7. The zero-order chi connectivity index (χ0) is 11.4. The van der Waals surface area contributed by atoms with Crippen molar-refractivity contribution in [3.63, 3.8) is 0 Å². The van der Waals surface area contributed by atoms with Gasteiger partial charge in [0.1, 0.15) is 12.4 Å². The van der Waals surface area contributed by atoms with Crippen LogP contribution in [0, 0.1) is 6.92 Å². The van der Waals surface area contributed by atoms with Crippen LogP contribution < -0.4 is 4.74 Å². The molecule has 84 valence electrons. The topological polar surface area (TPSA) is 27.1 Å². The molecule has 1 aromatic carbocycles. The Bertz CT molecular complexity index is 445. The van der Waals surface area contributed by atoms with Gasteiger partial charge in [0.15, 0.2) is 0 Å². The highest BCUT2D eigenvalue weighted by molar-refractivity contribution is 5.26. The van der Waals surface area contributed by atoms with E-state index < -0.39 is 0 Å². The predicted octanol–water partition coefficient (Wildman–Crippen LogP) is 2.79. The van der Waals surface area contributed by atoms with E-state index >= 15 is 0 Å². The van der Waals surface area contributed by atoms with E-state index in [2.05, 4.69) is 23.4 Å². The van der Waals surface area contributed by atoms with Crippen LogP contribution in [-0.2, 0) is 13.2 Å². The van der Waals surface area contributed by atoms with Crippen LogP contribution in [0.3, 0.4) is 0 Å². The second-order valence-corrected chi connectivity index (χ2v) is 3.77. The maximum atomic E-state index is 5.69. The Balaban J connectivity index is 1.99. The smallest absolute Gasteiger partial charge is 0.130 e. The molecule has 0 atom stereocenters. The molecular formula is C13H16N2O. The molecule has 0 spiro atoms. The Hall–Kier alpha value is -1.77. The second-order valence-electron chi connectivity index (χ2n) is 3.77. The van der Waals surface area contributed by atoms with Crippen LogP contribution in [0.1, 0.15) is 18.2 Å². The molecule has 3 heteroatoms. The molecule has 0 aliphatic carbocycles. The van der Waals surface area contributed by atoms with E-state index in [1.165, 1.54) is 5.56 Å². The summed E-state index contributed by atoms with van der Waals surface area (Å²) in [6.07, 6.45) is 3.67. The molecule has 0 saturated heterocycles. The van der Waals surface area contributed by atoms with Crippen LogP contribution >= 0.6 is 0 Å². The van der Waals surface area contributed by atoms with E-state index in [4.69, 9.17) is 4.74 Å². The third kappa shape index (κ3) is 2.42. The van der Waals surface area contributed by atoms with E-state index in [-0.39, 0.29) is 0 Å². The summed E-state index contributed by atoms with van der Waals surface area (Å²) >= 11 is 0. The summed E-state index contributed by atoms with van der Waals surface area (Å²) in [6.45, 7) is 5.65. The largest absolute Gasteiger partial charge is 0.487 e. The summed E-state index contributed by atoms with van der Waals surface area (Å²) in [5.74, 6) is 0.898. The Kier molecular flexibility index (Phi) is 3.25. The number of nitrogens with zero attached hydrogens (tertiary/aromatic N) is 2. The highest BCUT2D eigenvalue weighted by atomic mass is 16.5. The molecule has 0 N–H and O–H groups in total. The lowest BCUT2D eigenvalue weighted by molar-refractivity contribution is 0.295. The number of hydrogen-bond donors (Lipinski definition) is 0. The van der Waals surface area contributed by atoms with Crippen LogP contribution in [0.15, 0.2) is 36.8 Å². The summed E-state index contributed by atoms with van der Waals surface area (Å²) in [5.41, 5.74) is 2.34. The Morgan fingerprint density at radius 3 is 2.69 bits per heavy atom. The van der Waals surface area contributed by atoms with Gasteiger partial charge in [0, 0.05) is 6.54 Å². The van der Waals surface area contributed by atoms with Crippen molar-refractivity contribution in [2.24, 2.45) is 0 Å². The van der Waals surface area contributed by atoms with Crippen molar-refractivity contribution in [1.82, 2.24) is 9.55 Å². The van der Waals surface area contributed by atoms with Crippen LogP contribution in [0.2, 0.25) is 0 Å². The number of imidazole rings is 1. The average molecular weight is 216 g/mol. The van der Waals surface area contributed by atoms with Crippen LogP contribution in [0.5, 0.6) is 5.75 Å². The zero-order valence-electron chi connectivity index (χ0n) is 9.68. The van der Waals surface area contributed by atoms with Gasteiger partial charge < -0.3 is 9.30 Å². The fourth-order valence-corrected chi connectivity index (χ4v) is 1.54. The number of hydrogen-bond acceptors (Lipinski definition) is 2. The number of aryl methyl sites for hydroxylation is 2. The van der Waals surface area contributed by atoms with Crippen molar-refractivity contribution in [3.05, 3.63) is 48.0 Å². The van der Waals surface area contributed by atoms with Crippen molar-refractivity contribution >= 4 is 0 Å². The SMILES string of the molecule is CCn1cncc1COc1ccc(C)cc1. The predicted molar refractivity (Wildman–Crippen MR) is 63.4 cm³/mol. The molecule has 3 nitrogen and oxygen atoms in total. The van der Waals surface area contributed by atoms with Crippen molar-refractivity contribution in [2.45, 2.75) is 27.0 Å². The van der Waals surface area contributed by atoms with Gasteiger partial charge >= 0.3 is 0 Å². The second kappa shape index (κ2) is 4.84. The molecule has 1 aromatic heterocycles. The molecule has 0 aliphatic rings. The van der Waals surface area contributed by atoms with Crippen LogP contribution in [0.4, 0.5) is 0 Å². The maximum absolute atomic E-state index is 5.69. The van der Waals surface area contributed by atoms with Gasteiger partial charge in [-0.1, -0.05) is 17.7 Å². The van der Waals surface area contributed by atoms with Gasteiger partial charge in [-0.05, 0) is 26.0 Å². The quantitative estimate of drug-likeness (QED) is 0.785. The minimum Gasteiger partial charge on any atom is -0.487 e. The number of benzene rings is 1. The molecule has 0 radical (unpaired) electrons. The lowest BCUT2D eigenvalue weighted by atomic mass is 10.2. The zero-order valence-corrected chi connectivity index (χ0v) is 9.68. The molecule has 0 amide bonds. The lowest BCUT2D eigenvalue weighted by Gasteiger charge is -2.08. The van der Waals surface area contributed by atoms with Gasteiger partial charge in [0.05, 0.1) is 18.2 Å². The van der Waals surface area contributed by atoms with Crippen LogP contribution in [-0.4, -0.2) is 9.55 Å². The summed E-state index contributed by atoms with van der Waals surface area (Å²) in [6, 6.07) is 8.07. The van der Waals surface area contributed by atoms with Crippen LogP contribution in [0.25, 0.3) is 0 Å². The molecule has 0 saturated carbocycles. The van der Waals surface area contributed by atoms with Gasteiger partial charge in [-0.3, -0.25) is 0 Å². The summed E-state index contributed by atoms with van der Waals surface area (Å²) in [5, 5.41) is 0. The average Bonchev–Trinajstić information content (AvgIpc) is 2.76. The minimum atomic E-state index is 0.566. The van der Waals surface area contributed by atoms with Gasteiger partial charge in [-0.25, -0.2) is 4.98 Å². The van der Waals surface area contributed by atoms with Gasteiger partial charge in [0.25, 0.3) is 0 Å². The molecule has 1 heterocycles. The fraction of sp³-hybridized carbons (Fsp3) is 0.308. The summed E-state index contributed by atoms with van der Waals surface area (Å²) in [4.78, 5) is 4.10. The molecule has 0 aliphatic heterocycles. The first-order valence-electron chi connectivity index (χ1n) is 5.48. The molecule has 2 rings (SSSR count). The molecular weight excluding hydrogens is 200 g/mol. The highest BCUT2D eigenvalue weighted by Gasteiger charge is 2.01. The Labute approximate surface area is 95.7 Å². The molecule has 2 aromatic rings. The van der Waals surface area contributed by atoms with Crippen molar-refractivity contribution in [2.75, 3.05) is 0 Å². The van der Waals surface area contributed by atoms with Gasteiger partial charge in [-0.15, -0.1) is 0 Å². The first-order valence-corrected chi connectivity index (χ1v) is 5.48. The van der Waals surface area contributed by atoms with Crippen molar-refractivity contribution < 1.29 is 4.74 Å². The first-order chi connectivity index (χ1) is 7.79. The third-order valence-corrected chi connectivity index (χ3v) is 2.55. The fourth-order valence-electron chi connectivity index (χ4n) is 1.54. The lowest BCUT2D eigenvalue weighted by Crippen LogP contribution is -2.03. The van der Waals surface area contributed by atoms with E-state index in [1.807, 2.05) is 36.8 Å². The monoisotopic (exact) mass is 216 g/mol. The number of rotatable bonds is 4. The number of ether oxygens (including phenoxy) is 1. The molecule has 0 bridgehead atoms. The molecule has 0 unspecified atom stereocenters. The minimum absolute atomic E-state index is 0.566.